The average Bonchev–Trinajstić information content (AvgIpc) is 2.44. The lowest BCUT2D eigenvalue weighted by molar-refractivity contribution is 0.0978. The van der Waals surface area contributed by atoms with Crippen molar-refractivity contribution in [3.63, 3.8) is 0 Å². The lowest BCUT2D eigenvalue weighted by Crippen LogP contribution is -2.22. The van der Waals surface area contributed by atoms with Crippen molar-refractivity contribution in [2.75, 3.05) is 0 Å². The smallest absolute Gasteiger partial charge is 0.194 e. The molecule has 0 saturated carbocycles. The highest BCUT2D eigenvalue weighted by atomic mass is 16.1. The van der Waals surface area contributed by atoms with Gasteiger partial charge in [0, 0.05) is 22.3 Å². The number of hydrogen-bond donors (Lipinski definition) is 0. The van der Waals surface area contributed by atoms with Gasteiger partial charge >= 0.3 is 0 Å². The molecule has 0 amide bonds. The molecule has 0 atom stereocenters. The highest BCUT2D eigenvalue weighted by molar-refractivity contribution is 6.28. The largest absolute Gasteiger partial charge is 0.289 e. The van der Waals surface area contributed by atoms with Crippen molar-refractivity contribution in [2.45, 2.75) is 13.3 Å². The predicted octanol–water partition coefficient (Wildman–Crippen LogP) is 3.58. The van der Waals surface area contributed by atoms with Crippen LogP contribution in [0.2, 0.25) is 0 Å². The van der Waals surface area contributed by atoms with Gasteiger partial charge < -0.3 is 0 Å². The van der Waals surface area contributed by atoms with Crippen molar-refractivity contribution in [3.05, 3.63) is 82.4 Å². The number of allylic oxidation sites excluding steroid dienone is 1. The molecule has 0 fully saturated rings. The molecule has 0 bridgehead atoms. The minimum Gasteiger partial charge on any atom is -0.289 e. The van der Waals surface area contributed by atoms with Gasteiger partial charge in [0.1, 0.15) is 0 Å². The molecule has 0 saturated heterocycles. The van der Waals surface area contributed by atoms with Crippen LogP contribution in [-0.2, 0) is 6.42 Å². The summed E-state index contributed by atoms with van der Waals surface area (Å²) in [5, 5.41) is 0. The number of rotatable bonds is 2. The number of carbonyl (C=O) groups excluding carboxylic acids is 2. The molecule has 3 rings (SSSR count). The molecule has 98 valence electrons. The third kappa shape index (κ3) is 1.81. The van der Waals surface area contributed by atoms with Crippen molar-refractivity contribution in [1.29, 1.82) is 0 Å². The third-order valence-electron chi connectivity index (χ3n) is 3.53. The summed E-state index contributed by atoms with van der Waals surface area (Å²) in [5.41, 5.74) is 3.89. The number of ketones is 2. The Hall–Kier alpha value is -2.48. The van der Waals surface area contributed by atoms with E-state index in [1.54, 1.807) is 30.3 Å². The first-order valence-electron chi connectivity index (χ1n) is 6.54. The van der Waals surface area contributed by atoms with Gasteiger partial charge in [0.05, 0.1) is 0 Å². The lowest BCUT2D eigenvalue weighted by Gasteiger charge is -2.20. The molecule has 0 N–H and O–H groups in total. The van der Waals surface area contributed by atoms with Crippen LogP contribution in [0.15, 0.2) is 54.6 Å². The Balaban J connectivity index is 2.25. The van der Waals surface area contributed by atoms with E-state index in [2.05, 4.69) is 6.58 Å². The molecule has 0 aromatic heterocycles. The molecule has 20 heavy (non-hydrogen) atoms. The first kappa shape index (κ1) is 12.5. The van der Waals surface area contributed by atoms with E-state index in [0.29, 0.717) is 28.7 Å². The maximum Gasteiger partial charge on any atom is 0.194 e. The number of carbonyl (C=O) groups is 2. The first-order chi connectivity index (χ1) is 9.59. The van der Waals surface area contributed by atoms with Gasteiger partial charge in [-0.05, 0) is 18.9 Å². The third-order valence-corrected chi connectivity index (χ3v) is 3.53. The Morgan fingerprint density at radius 1 is 0.900 bits per heavy atom. The summed E-state index contributed by atoms with van der Waals surface area (Å²) in [4.78, 5) is 25.2. The summed E-state index contributed by atoms with van der Waals surface area (Å²) in [6, 6.07) is 12.5. The first-order valence-corrected chi connectivity index (χ1v) is 6.54. The predicted molar refractivity (Wildman–Crippen MR) is 78.3 cm³/mol. The van der Waals surface area contributed by atoms with Gasteiger partial charge in [0.15, 0.2) is 11.6 Å². The number of fused-ring (bicyclic) bond motifs is 2. The standard InChI is InChI=1S/C18H14O2/c1-11(2)10-12-6-5-9-15-16(12)18(20)14-8-4-3-7-13(14)17(15)19/h3-9H,1,10H2,2H3. The fourth-order valence-corrected chi connectivity index (χ4v) is 2.69. The second-order valence-electron chi connectivity index (χ2n) is 5.18. The molecule has 1 aliphatic carbocycles. The number of hydrogen-bond acceptors (Lipinski definition) is 2. The van der Waals surface area contributed by atoms with E-state index in [0.717, 1.165) is 11.1 Å². The average molecular weight is 262 g/mol. The fraction of sp³-hybridized carbons (Fsp3) is 0.111. The van der Waals surface area contributed by atoms with Gasteiger partial charge in [-0.15, -0.1) is 0 Å². The Kier molecular flexibility index (Phi) is 2.87. The molecule has 0 spiro atoms. The molecule has 2 aromatic carbocycles. The van der Waals surface area contributed by atoms with Crippen molar-refractivity contribution < 1.29 is 9.59 Å². The fourth-order valence-electron chi connectivity index (χ4n) is 2.69. The normalized spacial score (nSPS) is 12.8. The highest BCUT2D eigenvalue weighted by Crippen LogP contribution is 2.30. The Bertz CT molecular complexity index is 754. The van der Waals surface area contributed by atoms with Crippen LogP contribution >= 0.6 is 0 Å². The van der Waals surface area contributed by atoms with E-state index < -0.39 is 0 Å². The minimum absolute atomic E-state index is 0.0629. The van der Waals surface area contributed by atoms with E-state index >= 15 is 0 Å². The maximum atomic E-state index is 12.7. The molecule has 1 aliphatic rings. The zero-order chi connectivity index (χ0) is 14.3. The van der Waals surface area contributed by atoms with Crippen LogP contribution in [0.3, 0.4) is 0 Å². The second kappa shape index (κ2) is 4.57. The van der Waals surface area contributed by atoms with Gasteiger partial charge in [0.25, 0.3) is 0 Å². The molecule has 2 aromatic rings. The van der Waals surface area contributed by atoms with E-state index in [4.69, 9.17) is 0 Å². The zero-order valence-corrected chi connectivity index (χ0v) is 11.3. The van der Waals surface area contributed by atoms with E-state index in [1.807, 2.05) is 19.1 Å². The van der Waals surface area contributed by atoms with Crippen LogP contribution in [0, 0.1) is 0 Å². The van der Waals surface area contributed by atoms with Gasteiger partial charge in [-0.2, -0.15) is 0 Å². The van der Waals surface area contributed by atoms with Crippen molar-refractivity contribution in [1.82, 2.24) is 0 Å². The van der Waals surface area contributed by atoms with E-state index in [-0.39, 0.29) is 11.6 Å². The van der Waals surface area contributed by atoms with E-state index in [9.17, 15) is 9.59 Å². The van der Waals surface area contributed by atoms with Crippen LogP contribution in [-0.4, -0.2) is 11.6 Å². The molecule has 0 radical (unpaired) electrons. The highest BCUT2D eigenvalue weighted by Gasteiger charge is 2.30. The van der Waals surface area contributed by atoms with Gasteiger partial charge in [-0.3, -0.25) is 9.59 Å². The van der Waals surface area contributed by atoms with Gasteiger partial charge in [0.2, 0.25) is 0 Å². The van der Waals surface area contributed by atoms with Crippen LogP contribution < -0.4 is 0 Å². The molecule has 0 unspecified atom stereocenters. The quantitative estimate of drug-likeness (QED) is 0.661. The van der Waals surface area contributed by atoms with Crippen molar-refractivity contribution >= 4 is 11.6 Å². The molecular formula is C18H14O2. The topological polar surface area (TPSA) is 34.1 Å². The van der Waals surface area contributed by atoms with Crippen molar-refractivity contribution in [2.24, 2.45) is 0 Å². The summed E-state index contributed by atoms with van der Waals surface area (Å²) < 4.78 is 0. The maximum absolute atomic E-state index is 12.7. The SMILES string of the molecule is C=C(C)Cc1cccc2c1C(=O)c1ccccc1C2=O. The minimum atomic E-state index is -0.0706. The van der Waals surface area contributed by atoms with Crippen LogP contribution in [0.4, 0.5) is 0 Å². The molecule has 2 heteroatoms. The summed E-state index contributed by atoms with van der Waals surface area (Å²) in [6.07, 6.45) is 0.615. The van der Waals surface area contributed by atoms with Crippen LogP contribution in [0.1, 0.15) is 44.3 Å². The summed E-state index contributed by atoms with van der Waals surface area (Å²) >= 11 is 0. The molecule has 2 nitrogen and oxygen atoms in total. The summed E-state index contributed by atoms with van der Waals surface area (Å²) in [7, 11) is 0. The Morgan fingerprint density at radius 2 is 1.50 bits per heavy atom. The van der Waals surface area contributed by atoms with Gasteiger partial charge in [-0.1, -0.05) is 54.6 Å². The molecule has 0 aliphatic heterocycles. The van der Waals surface area contributed by atoms with Gasteiger partial charge in [-0.25, -0.2) is 0 Å². The summed E-state index contributed by atoms with van der Waals surface area (Å²) in [6.45, 7) is 5.81. The zero-order valence-electron chi connectivity index (χ0n) is 11.3. The number of benzene rings is 2. The monoisotopic (exact) mass is 262 g/mol. The van der Waals surface area contributed by atoms with Crippen molar-refractivity contribution in [3.8, 4) is 0 Å². The molecular weight excluding hydrogens is 248 g/mol. The van der Waals surface area contributed by atoms with Crippen LogP contribution in [0.5, 0.6) is 0 Å². The van der Waals surface area contributed by atoms with Crippen LogP contribution in [0.25, 0.3) is 0 Å². The van der Waals surface area contributed by atoms with E-state index in [1.165, 1.54) is 0 Å². The molecule has 0 heterocycles. The Morgan fingerprint density at radius 3 is 2.15 bits per heavy atom. The lowest BCUT2D eigenvalue weighted by atomic mass is 9.81. The summed E-state index contributed by atoms with van der Waals surface area (Å²) in [5.74, 6) is -0.134. The second-order valence-corrected chi connectivity index (χ2v) is 5.18. The Labute approximate surface area is 117 Å².